The molecule has 0 fully saturated rings. The quantitative estimate of drug-likeness (QED) is 0.724. The molecule has 0 saturated heterocycles. The Morgan fingerprint density at radius 1 is 1.29 bits per heavy atom. The average Bonchev–Trinajstić information content (AvgIpc) is 2.50. The van der Waals surface area contributed by atoms with Gasteiger partial charge in [-0.05, 0) is 38.3 Å². The van der Waals surface area contributed by atoms with Gasteiger partial charge in [0.25, 0.3) is 0 Å². The normalized spacial score (nSPS) is 11.5. The van der Waals surface area contributed by atoms with Gasteiger partial charge in [-0.3, -0.25) is 4.79 Å². The summed E-state index contributed by atoms with van der Waals surface area (Å²) >= 11 is 1.57. The van der Waals surface area contributed by atoms with Crippen LogP contribution in [0.1, 0.15) is 37.8 Å². The standard InChI is InChI=1S/C17H27NO2S/c1-5-17(6-2,12-19)11-18-16(20)10-21-15-9-13(3)7-8-14(15)4/h7-9,19H,5-6,10-12H2,1-4H3,(H,18,20). The van der Waals surface area contributed by atoms with Crippen molar-refractivity contribution in [1.82, 2.24) is 5.32 Å². The van der Waals surface area contributed by atoms with Crippen molar-refractivity contribution in [2.24, 2.45) is 5.41 Å². The molecule has 0 radical (unpaired) electrons. The monoisotopic (exact) mass is 309 g/mol. The fourth-order valence-corrected chi connectivity index (χ4v) is 3.08. The molecule has 1 rings (SSSR count). The van der Waals surface area contributed by atoms with Gasteiger partial charge in [-0.15, -0.1) is 11.8 Å². The van der Waals surface area contributed by atoms with E-state index in [2.05, 4.69) is 51.2 Å². The summed E-state index contributed by atoms with van der Waals surface area (Å²) in [4.78, 5) is 13.2. The van der Waals surface area contributed by atoms with Crippen LogP contribution >= 0.6 is 11.8 Å². The lowest BCUT2D eigenvalue weighted by Gasteiger charge is -2.29. The first-order chi connectivity index (χ1) is 9.96. The number of hydrogen-bond donors (Lipinski definition) is 2. The number of thioether (sulfide) groups is 1. The first-order valence-corrected chi connectivity index (χ1v) is 8.52. The smallest absolute Gasteiger partial charge is 0.230 e. The van der Waals surface area contributed by atoms with Crippen LogP contribution in [0.2, 0.25) is 0 Å². The highest BCUT2D eigenvalue weighted by molar-refractivity contribution is 8.00. The van der Waals surface area contributed by atoms with E-state index in [0.717, 1.165) is 17.7 Å². The zero-order valence-electron chi connectivity index (χ0n) is 13.5. The van der Waals surface area contributed by atoms with Crippen molar-refractivity contribution in [3.63, 3.8) is 0 Å². The van der Waals surface area contributed by atoms with Crippen LogP contribution < -0.4 is 5.32 Å². The summed E-state index contributed by atoms with van der Waals surface area (Å²) in [6.07, 6.45) is 1.73. The molecule has 0 saturated carbocycles. The second-order valence-electron chi connectivity index (χ2n) is 5.70. The van der Waals surface area contributed by atoms with Crippen molar-refractivity contribution < 1.29 is 9.90 Å². The number of aryl methyl sites for hydroxylation is 2. The van der Waals surface area contributed by atoms with Gasteiger partial charge in [0.2, 0.25) is 5.91 Å². The molecule has 0 aliphatic rings. The van der Waals surface area contributed by atoms with Gasteiger partial charge in [0, 0.05) is 16.9 Å². The van der Waals surface area contributed by atoms with E-state index in [1.807, 2.05) is 0 Å². The van der Waals surface area contributed by atoms with Gasteiger partial charge in [-0.25, -0.2) is 0 Å². The van der Waals surface area contributed by atoms with Crippen LogP contribution in [0.25, 0.3) is 0 Å². The summed E-state index contributed by atoms with van der Waals surface area (Å²) in [5.41, 5.74) is 2.23. The minimum Gasteiger partial charge on any atom is -0.396 e. The van der Waals surface area contributed by atoms with Crippen molar-refractivity contribution >= 4 is 17.7 Å². The van der Waals surface area contributed by atoms with Gasteiger partial charge in [-0.1, -0.05) is 31.5 Å². The highest BCUT2D eigenvalue weighted by Crippen LogP contribution is 2.25. The molecule has 0 unspecified atom stereocenters. The lowest BCUT2D eigenvalue weighted by molar-refractivity contribution is -0.119. The Hall–Kier alpha value is -1.00. The zero-order valence-corrected chi connectivity index (χ0v) is 14.3. The van der Waals surface area contributed by atoms with Gasteiger partial charge >= 0.3 is 0 Å². The predicted octanol–water partition coefficient (Wildman–Crippen LogP) is 3.31. The van der Waals surface area contributed by atoms with Gasteiger partial charge in [-0.2, -0.15) is 0 Å². The lowest BCUT2D eigenvalue weighted by Crippen LogP contribution is -2.40. The number of rotatable bonds is 8. The van der Waals surface area contributed by atoms with E-state index >= 15 is 0 Å². The van der Waals surface area contributed by atoms with E-state index in [1.54, 1.807) is 11.8 Å². The first-order valence-electron chi connectivity index (χ1n) is 7.54. The van der Waals surface area contributed by atoms with Gasteiger partial charge < -0.3 is 10.4 Å². The molecular weight excluding hydrogens is 282 g/mol. The minimum absolute atomic E-state index is 0.0284. The molecule has 0 bridgehead atoms. The number of amides is 1. The second kappa shape index (κ2) is 8.44. The molecule has 0 spiro atoms. The maximum atomic E-state index is 12.0. The summed E-state index contributed by atoms with van der Waals surface area (Å²) in [6, 6.07) is 6.28. The number of carbonyl (C=O) groups excluding carboxylic acids is 1. The third kappa shape index (κ3) is 5.36. The molecule has 0 aliphatic heterocycles. The molecule has 3 nitrogen and oxygen atoms in total. The van der Waals surface area contributed by atoms with Gasteiger partial charge in [0.1, 0.15) is 0 Å². The number of aliphatic hydroxyl groups excluding tert-OH is 1. The van der Waals surface area contributed by atoms with Crippen LogP contribution in [0.4, 0.5) is 0 Å². The number of aliphatic hydroxyl groups is 1. The molecule has 1 aromatic carbocycles. The Kier molecular flexibility index (Phi) is 7.26. The van der Waals surface area contributed by atoms with Crippen LogP contribution in [0.3, 0.4) is 0 Å². The lowest BCUT2D eigenvalue weighted by atomic mass is 9.83. The Morgan fingerprint density at radius 3 is 2.52 bits per heavy atom. The van der Waals surface area contributed by atoms with Crippen molar-refractivity contribution in [3.05, 3.63) is 29.3 Å². The molecule has 4 heteroatoms. The SMILES string of the molecule is CCC(CC)(CO)CNC(=O)CSc1cc(C)ccc1C. The molecule has 1 amide bonds. The molecule has 0 atom stereocenters. The van der Waals surface area contributed by atoms with E-state index < -0.39 is 0 Å². The van der Waals surface area contributed by atoms with E-state index in [-0.39, 0.29) is 17.9 Å². The van der Waals surface area contributed by atoms with E-state index in [9.17, 15) is 9.90 Å². The summed E-state index contributed by atoms with van der Waals surface area (Å²) < 4.78 is 0. The van der Waals surface area contributed by atoms with Crippen molar-refractivity contribution in [2.45, 2.75) is 45.4 Å². The Labute approximate surface area is 132 Å². The fourth-order valence-electron chi connectivity index (χ4n) is 2.12. The molecule has 2 N–H and O–H groups in total. The van der Waals surface area contributed by atoms with Crippen LogP contribution in [-0.2, 0) is 4.79 Å². The molecule has 1 aromatic rings. The molecular formula is C17H27NO2S. The summed E-state index contributed by atoms with van der Waals surface area (Å²) in [5.74, 6) is 0.444. The molecule has 0 aromatic heterocycles. The Balaban J connectivity index is 2.49. The van der Waals surface area contributed by atoms with Crippen molar-refractivity contribution in [3.8, 4) is 0 Å². The Bertz CT molecular complexity index is 462. The largest absolute Gasteiger partial charge is 0.396 e. The summed E-state index contributed by atoms with van der Waals surface area (Å²) in [5, 5.41) is 12.5. The maximum absolute atomic E-state index is 12.0. The number of carbonyl (C=O) groups is 1. The van der Waals surface area contributed by atoms with E-state index in [1.165, 1.54) is 11.1 Å². The molecule has 21 heavy (non-hydrogen) atoms. The number of hydrogen-bond acceptors (Lipinski definition) is 3. The molecule has 0 aliphatic carbocycles. The molecule has 118 valence electrons. The highest BCUT2D eigenvalue weighted by Gasteiger charge is 2.25. The summed E-state index contributed by atoms with van der Waals surface area (Å²) in [7, 11) is 0. The van der Waals surface area contributed by atoms with Crippen LogP contribution in [0, 0.1) is 19.3 Å². The highest BCUT2D eigenvalue weighted by atomic mass is 32.2. The second-order valence-corrected chi connectivity index (χ2v) is 6.72. The first kappa shape index (κ1) is 18.1. The van der Waals surface area contributed by atoms with Crippen LogP contribution in [0.15, 0.2) is 23.1 Å². The van der Waals surface area contributed by atoms with Crippen molar-refractivity contribution in [1.29, 1.82) is 0 Å². The minimum atomic E-state index is -0.181. The topological polar surface area (TPSA) is 49.3 Å². The number of nitrogens with one attached hydrogen (secondary N) is 1. The number of benzene rings is 1. The van der Waals surface area contributed by atoms with E-state index in [4.69, 9.17) is 0 Å². The Morgan fingerprint density at radius 2 is 1.95 bits per heavy atom. The van der Waals surface area contributed by atoms with Crippen molar-refractivity contribution in [2.75, 3.05) is 18.9 Å². The summed E-state index contributed by atoms with van der Waals surface area (Å²) in [6.45, 7) is 8.88. The third-order valence-corrected chi connectivity index (χ3v) is 5.36. The van der Waals surface area contributed by atoms with Crippen LogP contribution in [0.5, 0.6) is 0 Å². The van der Waals surface area contributed by atoms with E-state index in [0.29, 0.717) is 12.3 Å². The van der Waals surface area contributed by atoms with Gasteiger partial charge in [0.15, 0.2) is 0 Å². The third-order valence-electron chi connectivity index (χ3n) is 4.20. The average molecular weight is 309 g/mol. The van der Waals surface area contributed by atoms with Gasteiger partial charge in [0.05, 0.1) is 12.4 Å². The maximum Gasteiger partial charge on any atom is 0.230 e. The van der Waals surface area contributed by atoms with Crippen LogP contribution in [-0.4, -0.2) is 29.9 Å². The predicted molar refractivity (Wildman–Crippen MR) is 89.8 cm³/mol. The molecule has 0 heterocycles. The fraction of sp³-hybridized carbons (Fsp3) is 0.588. The zero-order chi connectivity index (χ0) is 15.9.